The predicted molar refractivity (Wildman–Crippen MR) is 31.4 cm³/mol. The zero-order chi connectivity index (χ0) is 8.43. The van der Waals surface area contributed by atoms with E-state index >= 15 is 0 Å². The minimum Gasteiger partial charge on any atom is -0.242 e. The highest BCUT2D eigenvalue weighted by Gasteiger charge is 2.07. The van der Waals surface area contributed by atoms with Gasteiger partial charge in [0.2, 0.25) is 0 Å². The minimum absolute atomic E-state index is 0.498. The van der Waals surface area contributed by atoms with Crippen molar-refractivity contribution in [3.8, 4) is 0 Å². The molecule has 0 aliphatic rings. The fourth-order valence-electron chi connectivity index (χ4n) is 0.672. The van der Waals surface area contributed by atoms with Crippen molar-refractivity contribution in [2.45, 2.75) is 0 Å². The van der Waals surface area contributed by atoms with Crippen LogP contribution >= 0.6 is 0 Å². The fourth-order valence-corrected chi connectivity index (χ4v) is 0.672. The van der Waals surface area contributed by atoms with Gasteiger partial charge >= 0.3 is 5.97 Å². The SMILES string of the molecule is [O]C(=O)c1cc(F)cc(F)c1. The van der Waals surface area contributed by atoms with E-state index in [1.807, 2.05) is 0 Å². The summed E-state index contributed by atoms with van der Waals surface area (Å²) < 4.78 is 24.5. The Balaban J connectivity index is 3.19. The van der Waals surface area contributed by atoms with Gasteiger partial charge in [-0.15, -0.1) is 0 Å². The van der Waals surface area contributed by atoms with Gasteiger partial charge in [-0.05, 0) is 12.1 Å². The molecule has 0 spiro atoms. The summed E-state index contributed by atoms with van der Waals surface area (Å²) in [5.41, 5.74) is -0.498. The number of benzene rings is 1. The normalized spacial score (nSPS) is 9.64. The van der Waals surface area contributed by atoms with Crippen LogP contribution in [-0.2, 0) is 5.11 Å². The summed E-state index contributed by atoms with van der Waals surface area (Å²) in [6.45, 7) is 0. The first-order valence-corrected chi connectivity index (χ1v) is 2.77. The Kier molecular flexibility index (Phi) is 1.85. The molecule has 0 aliphatic carbocycles. The molecule has 0 atom stereocenters. The summed E-state index contributed by atoms with van der Waals surface area (Å²) in [6.07, 6.45) is 0. The molecule has 1 rings (SSSR count). The fraction of sp³-hybridized carbons (Fsp3) is 0. The van der Waals surface area contributed by atoms with Crippen molar-refractivity contribution >= 4 is 5.97 Å². The Hall–Kier alpha value is -1.45. The van der Waals surface area contributed by atoms with Gasteiger partial charge in [0, 0.05) is 6.07 Å². The van der Waals surface area contributed by atoms with E-state index in [1.165, 1.54) is 0 Å². The molecule has 1 aromatic rings. The Morgan fingerprint density at radius 3 is 1.91 bits per heavy atom. The van der Waals surface area contributed by atoms with E-state index in [9.17, 15) is 18.7 Å². The number of carbonyl (C=O) groups excluding carboxylic acids is 1. The maximum Gasteiger partial charge on any atom is 0.386 e. The first-order valence-electron chi connectivity index (χ1n) is 2.77. The van der Waals surface area contributed by atoms with Crippen LogP contribution in [0.3, 0.4) is 0 Å². The summed E-state index contributed by atoms with van der Waals surface area (Å²) in [6, 6.07) is 1.98. The van der Waals surface area contributed by atoms with Crippen molar-refractivity contribution in [2.24, 2.45) is 0 Å². The van der Waals surface area contributed by atoms with E-state index in [2.05, 4.69) is 0 Å². The molecule has 2 nitrogen and oxygen atoms in total. The minimum atomic E-state index is -1.59. The molecule has 0 saturated heterocycles. The van der Waals surface area contributed by atoms with Crippen molar-refractivity contribution in [3.05, 3.63) is 35.4 Å². The number of hydrogen-bond donors (Lipinski definition) is 0. The van der Waals surface area contributed by atoms with E-state index in [-0.39, 0.29) is 0 Å². The maximum absolute atomic E-state index is 12.3. The zero-order valence-corrected chi connectivity index (χ0v) is 5.30. The van der Waals surface area contributed by atoms with Crippen LogP contribution < -0.4 is 0 Å². The van der Waals surface area contributed by atoms with E-state index < -0.39 is 23.2 Å². The molecule has 0 aliphatic heterocycles. The van der Waals surface area contributed by atoms with Gasteiger partial charge in [0.1, 0.15) is 11.6 Å². The Morgan fingerprint density at radius 2 is 1.55 bits per heavy atom. The summed E-state index contributed by atoms with van der Waals surface area (Å²) in [4.78, 5) is 10.1. The van der Waals surface area contributed by atoms with Gasteiger partial charge in [-0.1, -0.05) is 0 Å². The molecule has 57 valence electrons. The number of hydrogen-bond acceptors (Lipinski definition) is 1. The van der Waals surface area contributed by atoms with Crippen LogP contribution in [0, 0.1) is 11.6 Å². The van der Waals surface area contributed by atoms with E-state index in [0.717, 1.165) is 0 Å². The molecule has 0 fully saturated rings. The monoisotopic (exact) mass is 157 g/mol. The van der Waals surface area contributed by atoms with Crippen LogP contribution in [-0.4, -0.2) is 5.97 Å². The average molecular weight is 157 g/mol. The summed E-state index contributed by atoms with van der Waals surface area (Å²) >= 11 is 0. The Labute approximate surface area is 61.1 Å². The molecule has 0 N–H and O–H groups in total. The smallest absolute Gasteiger partial charge is 0.242 e. The van der Waals surface area contributed by atoms with E-state index in [1.54, 1.807) is 0 Å². The third kappa shape index (κ3) is 1.73. The highest BCUT2D eigenvalue weighted by molar-refractivity contribution is 5.87. The number of halogens is 2. The van der Waals surface area contributed by atoms with E-state index in [4.69, 9.17) is 0 Å². The molecular weight excluding hydrogens is 154 g/mol. The highest BCUT2D eigenvalue weighted by Crippen LogP contribution is 2.07. The first kappa shape index (κ1) is 7.65. The van der Waals surface area contributed by atoms with Crippen LogP contribution in [0.4, 0.5) is 8.78 Å². The summed E-state index contributed by atoms with van der Waals surface area (Å²) in [5.74, 6) is -3.45. The van der Waals surface area contributed by atoms with Crippen molar-refractivity contribution in [3.63, 3.8) is 0 Å². The highest BCUT2D eigenvalue weighted by atomic mass is 19.1. The third-order valence-electron chi connectivity index (χ3n) is 1.10. The second kappa shape index (κ2) is 2.65. The average Bonchev–Trinajstić information content (AvgIpc) is 1.85. The van der Waals surface area contributed by atoms with Gasteiger partial charge in [0.05, 0.1) is 5.56 Å². The molecule has 4 heteroatoms. The lowest BCUT2D eigenvalue weighted by molar-refractivity contribution is 0.0572. The lowest BCUT2D eigenvalue weighted by Crippen LogP contribution is -1.95. The number of carbonyl (C=O) groups is 1. The number of rotatable bonds is 1. The quantitative estimate of drug-likeness (QED) is 0.609. The molecule has 11 heavy (non-hydrogen) atoms. The van der Waals surface area contributed by atoms with Crippen LogP contribution in [0.1, 0.15) is 10.4 Å². The summed E-state index contributed by atoms with van der Waals surface area (Å²) in [5, 5.41) is 10.1. The van der Waals surface area contributed by atoms with Crippen LogP contribution in [0.2, 0.25) is 0 Å². The van der Waals surface area contributed by atoms with Gasteiger partial charge in [-0.2, -0.15) is 0 Å². The molecule has 0 aromatic heterocycles. The van der Waals surface area contributed by atoms with Crippen LogP contribution in [0.25, 0.3) is 0 Å². The molecule has 0 unspecified atom stereocenters. The maximum atomic E-state index is 12.3. The second-order valence-electron chi connectivity index (χ2n) is 1.95. The topological polar surface area (TPSA) is 37.0 Å². The summed E-state index contributed by atoms with van der Waals surface area (Å²) in [7, 11) is 0. The molecule has 0 bridgehead atoms. The lowest BCUT2D eigenvalue weighted by Gasteiger charge is -1.92. The van der Waals surface area contributed by atoms with Crippen molar-refractivity contribution in [2.75, 3.05) is 0 Å². The largest absolute Gasteiger partial charge is 0.386 e. The zero-order valence-electron chi connectivity index (χ0n) is 5.30. The van der Waals surface area contributed by atoms with Gasteiger partial charge in [0.25, 0.3) is 0 Å². The van der Waals surface area contributed by atoms with Crippen molar-refractivity contribution < 1.29 is 18.7 Å². The molecule has 0 heterocycles. The Bertz CT molecular complexity index is 276. The van der Waals surface area contributed by atoms with Crippen LogP contribution in [0.5, 0.6) is 0 Å². The molecule has 1 aromatic carbocycles. The molecular formula is C7H3F2O2. The molecule has 1 radical (unpaired) electrons. The first-order chi connectivity index (χ1) is 5.09. The van der Waals surface area contributed by atoms with Crippen molar-refractivity contribution in [1.29, 1.82) is 0 Å². The molecule has 0 amide bonds. The van der Waals surface area contributed by atoms with Gasteiger partial charge in [0.15, 0.2) is 0 Å². The third-order valence-corrected chi connectivity index (χ3v) is 1.10. The second-order valence-corrected chi connectivity index (χ2v) is 1.95. The van der Waals surface area contributed by atoms with Gasteiger partial charge in [-0.3, -0.25) is 0 Å². The van der Waals surface area contributed by atoms with Gasteiger partial charge < -0.3 is 0 Å². The predicted octanol–water partition coefficient (Wildman–Crippen LogP) is 1.54. The molecule has 0 saturated carbocycles. The van der Waals surface area contributed by atoms with Gasteiger partial charge in [-0.25, -0.2) is 18.7 Å². The Morgan fingerprint density at radius 1 is 1.09 bits per heavy atom. The van der Waals surface area contributed by atoms with E-state index in [0.29, 0.717) is 18.2 Å². The van der Waals surface area contributed by atoms with Crippen LogP contribution in [0.15, 0.2) is 18.2 Å². The standard InChI is InChI=1S/C7H3F2O2/c8-5-1-4(7(10)11)2-6(9)3-5/h1-3H. The van der Waals surface area contributed by atoms with Crippen molar-refractivity contribution in [1.82, 2.24) is 0 Å². The lowest BCUT2D eigenvalue weighted by atomic mass is 10.2.